The number of hydrogen-bond donors (Lipinski definition) is 0. The van der Waals surface area contributed by atoms with Gasteiger partial charge in [0.2, 0.25) is 0 Å². The number of para-hydroxylation sites is 1. The molecule has 63 heavy (non-hydrogen) atoms. The summed E-state index contributed by atoms with van der Waals surface area (Å²) in [6.07, 6.45) is 0. The molecule has 0 saturated heterocycles. The van der Waals surface area contributed by atoms with Crippen LogP contribution in [0.15, 0.2) is 164 Å². The van der Waals surface area contributed by atoms with E-state index in [0.717, 1.165) is 0 Å². The van der Waals surface area contributed by atoms with Gasteiger partial charge in [-0.05, 0) is 152 Å². The molecule has 302 valence electrons. The van der Waals surface area contributed by atoms with Crippen LogP contribution in [-0.2, 0) is 5.41 Å². The van der Waals surface area contributed by atoms with Gasteiger partial charge >= 0.3 is 0 Å². The minimum Gasteiger partial charge on any atom is -0.311 e. The molecular weight excluding hydrogens is 780 g/mol. The highest BCUT2D eigenvalue weighted by atomic mass is 32.1. The summed E-state index contributed by atoms with van der Waals surface area (Å²) in [5, 5.41) is 1.32. The van der Waals surface area contributed by atoms with Crippen LogP contribution in [0.5, 0.6) is 0 Å². The number of anilines is 6. The van der Waals surface area contributed by atoms with E-state index in [9.17, 15) is 0 Å². The second-order valence-electron chi connectivity index (χ2n) is 19.0. The topological polar surface area (TPSA) is 6.48 Å². The molecular formula is C59H47BN2S. The highest BCUT2D eigenvalue weighted by Crippen LogP contribution is 2.64. The fourth-order valence-corrected chi connectivity index (χ4v) is 13.2. The Morgan fingerprint density at radius 1 is 0.476 bits per heavy atom. The standard InChI is InChI=1S/C59H47BN2S/c1-34(2)38-20-24-40(25-21-38)61-52-18-12-11-17-51(52)60-56-53(61)30-37(6)31-54(56)62(41-26-22-39(23-27-41)35(3)4)57-46-32-45-44-28-19-36(5)29-49(44)59(50(45)33-55(46)63-58(57)60)47-15-9-7-13-42(47)43-14-8-10-16-48(43)59/h7-35H,1-6H3. The summed E-state index contributed by atoms with van der Waals surface area (Å²) in [6.45, 7) is 13.7. The molecule has 13 rings (SSSR count). The first-order valence-electron chi connectivity index (χ1n) is 22.7. The quantitative estimate of drug-likeness (QED) is 0.163. The first-order chi connectivity index (χ1) is 30.7. The molecule has 0 radical (unpaired) electrons. The Balaban J connectivity index is 1.13. The van der Waals surface area contributed by atoms with Gasteiger partial charge < -0.3 is 9.80 Å². The van der Waals surface area contributed by atoms with E-state index < -0.39 is 5.41 Å². The molecule has 0 atom stereocenters. The van der Waals surface area contributed by atoms with Gasteiger partial charge in [0.1, 0.15) is 0 Å². The van der Waals surface area contributed by atoms with Crippen LogP contribution in [0.3, 0.4) is 0 Å². The van der Waals surface area contributed by atoms with Gasteiger partial charge in [0.25, 0.3) is 6.71 Å². The van der Waals surface area contributed by atoms with E-state index in [1.165, 1.54) is 127 Å². The number of rotatable bonds is 4. The molecule has 0 fully saturated rings. The molecule has 4 heteroatoms. The summed E-state index contributed by atoms with van der Waals surface area (Å²) in [5.41, 5.74) is 26.0. The van der Waals surface area contributed by atoms with Crippen LogP contribution >= 0.6 is 11.3 Å². The second-order valence-corrected chi connectivity index (χ2v) is 20.1. The number of benzene rings is 8. The Morgan fingerprint density at radius 2 is 1.03 bits per heavy atom. The molecule has 2 aliphatic carbocycles. The molecule has 4 aliphatic rings. The fraction of sp³-hybridized carbons (Fsp3) is 0.153. The average Bonchev–Trinajstić information content (AvgIpc) is 3.91. The van der Waals surface area contributed by atoms with Crippen molar-refractivity contribution in [2.45, 2.75) is 58.8 Å². The largest absolute Gasteiger partial charge is 0.311 e. The first-order valence-corrected chi connectivity index (χ1v) is 23.5. The third kappa shape index (κ3) is 4.91. The maximum atomic E-state index is 2.63. The molecule has 1 aromatic heterocycles. The van der Waals surface area contributed by atoms with E-state index >= 15 is 0 Å². The Morgan fingerprint density at radius 3 is 1.68 bits per heavy atom. The summed E-state index contributed by atoms with van der Waals surface area (Å²) in [7, 11) is 0. The van der Waals surface area contributed by atoms with E-state index in [1.807, 2.05) is 11.3 Å². The van der Waals surface area contributed by atoms with E-state index in [0.29, 0.717) is 11.8 Å². The van der Waals surface area contributed by atoms with Gasteiger partial charge in [-0.25, -0.2) is 0 Å². The molecule has 1 spiro atoms. The molecule has 0 N–H and O–H groups in total. The van der Waals surface area contributed by atoms with Crippen LogP contribution in [0.25, 0.3) is 32.3 Å². The van der Waals surface area contributed by atoms with E-state index in [1.54, 1.807) is 0 Å². The van der Waals surface area contributed by atoms with E-state index in [4.69, 9.17) is 0 Å². The van der Waals surface area contributed by atoms with Crippen molar-refractivity contribution in [3.63, 3.8) is 0 Å². The first kappa shape index (κ1) is 37.0. The van der Waals surface area contributed by atoms with Crippen molar-refractivity contribution in [2.24, 2.45) is 0 Å². The minimum absolute atomic E-state index is 0.0724. The van der Waals surface area contributed by atoms with Crippen LogP contribution < -0.4 is 25.5 Å². The summed E-state index contributed by atoms with van der Waals surface area (Å²) >= 11 is 2.01. The molecule has 0 amide bonds. The normalized spacial score (nSPS) is 14.5. The summed E-state index contributed by atoms with van der Waals surface area (Å²) in [6, 6.07) is 63.5. The summed E-state index contributed by atoms with van der Waals surface area (Å²) in [5.74, 6) is 0.920. The maximum Gasteiger partial charge on any atom is 0.264 e. The second kappa shape index (κ2) is 13.2. The van der Waals surface area contributed by atoms with Crippen molar-refractivity contribution < 1.29 is 0 Å². The van der Waals surface area contributed by atoms with Gasteiger partial charge in [-0.1, -0.05) is 142 Å². The van der Waals surface area contributed by atoms with Gasteiger partial charge in [-0.3, -0.25) is 0 Å². The van der Waals surface area contributed by atoms with Crippen molar-refractivity contribution in [3.8, 4) is 22.3 Å². The Kier molecular flexibility index (Phi) is 7.75. The highest BCUT2D eigenvalue weighted by molar-refractivity contribution is 7.33. The zero-order valence-corrected chi connectivity index (χ0v) is 37.4. The van der Waals surface area contributed by atoms with Crippen LogP contribution in [0.1, 0.15) is 84.0 Å². The lowest BCUT2D eigenvalue weighted by Gasteiger charge is -2.43. The van der Waals surface area contributed by atoms with Crippen molar-refractivity contribution in [2.75, 3.05) is 9.80 Å². The molecule has 0 bridgehead atoms. The molecule has 0 saturated carbocycles. The van der Waals surface area contributed by atoms with Gasteiger partial charge in [-0.2, -0.15) is 0 Å². The third-order valence-electron chi connectivity index (χ3n) is 14.7. The molecule has 8 aromatic carbocycles. The zero-order chi connectivity index (χ0) is 42.5. The fourth-order valence-electron chi connectivity index (χ4n) is 11.9. The minimum atomic E-state index is -0.398. The van der Waals surface area contributed by atoms with Crippen LogP contribution in [-0.4, -0.2) is 6.71 Å². The molecule has 2 nitrogen and oxygen atoms in total. The molecule has 9 aromatic rings. The number of thiophene rings is 1. The van der Waals surface area contributed by atoms with Crippen molar-refractivity contribution in [3.05, 3.63) is 208 Å². The molecule has 0 unspecified atom stereocenters. The van der Waals surface area contributed by atoms with Crippen molar-refractivity contribution >= 4 is 78.0 Å². The summed E-state index contributed by atoms with van der Waals surface area (Å²) in [4.78, 5) is 5.16. The van der Waals surface area contributed by atoms with E-state index in [2.05, 4.69) is 215 Å². The van der Waals surface area contributed by atoms with Crippen LogP contribution in [0.4, 0.5) is 34.1 Å². The predicted molar refractivity (Wildman–Crippen MR) is 270 cm³/mol. The van der Waals surface area contributed by atoms with Gasteiger partial charge in [0, 0.05) is 43.3 Å². The third-order valence-corrected chi connectivity index (χ3v) is 15.9. The smallest absolute Gasteiger partial charge is 0.264 e. The number of nitrogens with zero attached hydrogens (tertiary/aromatic N) is 2. The Labute approximate surface area is 375 Å². The number of aryl methyl sites for hydroxylation is 2. The predicted octanol–water partition coefficient (Wildman–Crippen LogP) is 14.2. The lowest BCUT2D eigenvalue weighted by atomic mass is 9.36. The van der Waals surface area contributed by atoms with E-state index in [-0.39, 0.29) is 6.71 Å². The van der Waals surface area contributed by atoms with Gasteiger partial charge in [0.15, 0.2) is 0 Å². The maximum absolute atomic E-state index is 2.63. The van der Waals surface area contributed by atoms with Crippen molar-refractivity contribution in [1.82, 2.24) is 0 Å². The Bertz CT molecular complexity index is 3350. The molecule has 3 heterocycles. The number of hydrogen-bond acceptors (Lipinski definition) is 3. The van der Waals surface area contributed by atoms with Crippen LogP contribution in [0.2, 0.25) is 0 Å². The van der Waals surface area contributed by atoms with Crippen molar-refractivity contribution in [1.29, 1.82) is 0 Å². The highest BCUT2D eigenvalue weighted by Gasteiger charge is 2.53. The van der Waals surface area contributed by atoms with Gasteiger partial charge in [-0.15, -0.1) is 11.3 Å². The number of fused-ring (bicyclic) bond motifs is 16. The molecule has 2 aliphatic heterocycles. The monoisotopic (exact) mass is 826 g/mol. The summed E-state index contributed by atoms with van der Waals surface area (Å²) < 4.78 is 2.75. The Hall–Kier alpha value is -6.62. The lowest BCUT2D eigenvalue weighted by Crippen LogP contribution is -2.60. The average molecular weight is 827 g/mol. The SMILES string of the molecule is Cc1cc2c3c(c1)N(c1ccc(C(C)C)cc1)c1c(sc4cc5c(cc14)-c1ccc(C)cc1C51c4ccccc4-c4ccccc41)B3c1ccccc1N2c1ccc(C(C)C)cc1. The lowest BCUT2D eigenvalue weighted by molar-refractivity contribution is 0.794. The zero-order valence-electron chi connectivity index (χ0n) is 36.6. The van der Waals surface area contributed by atoms with Gasteiger partial charge in [0.05, 0.1) is 11.1 Å². The van der Waals surface area contributed by atoms with Crippen LogP contribution in [0, 0.1) is 13.8 Å².